The third-order valence-electron chi connectivity index (χ3n) is 2.68. The second-order valence-corrected chi connectivity index (χ2v) is 4.20. The van der Waals surface area contributed by atoms with Gasteiger partial charge in [-0.3, -0.25) is 9.59 Å². The molecule has 108 valence electrons. The number of H-pyrrole nitrogens is 1. The van der Waals surface area contributed by atoms with Crippen molar-refractivity contribution < 1.29 is 14.3 Å². The van der Waals surface area contributed by atoms with Gasteiger partial charge in [0.15, 0.2) is 0 Å². The molecule has 0 atom stereocenters. The van der Waals surface area contributed by atoms with Crippen LogP contribution in [0.4, 0.5) is 5.69 Å². The van der Waals surface area contributed by atoms with Gasteiger partial charge >= 0.3 is 5.97 Å². The zero-order valence-corrected chi connectivity index (χ0v) is 11.4. The highest BCUT2D eigenvalue weighted by molar-refractivity contribution is 6.04. The van der Waals surface area contributed by atoms with Crippen molar-refractivity contribution >= 4 is 17.6 Å². The Labute approximate surface area is 120 Å². The predicted molar refractivity (Wildman–Crippen MR) is 77.4 cm³/mol. The average molecular weight is 286 g/mol. The van der Waals surface area contributed by atoms with Crippen LogP contribution in [-0.2, 0) is 4.74 Å². The molecule has 0 aliphatic carbocycles. The molecule has 2 aromatic rings. The number of anilines is 1. The monoisotopic (exact) mass is 286 g/mol. The standard InChI is InChI=1S/C15H14N2O4/c1-2-21-15(20)10-4-3-5-12(8-10)17-14(19)11-6-7-13(18)16-9-11/h3-9H,2H2,1H3,(H,16,18)(H,17,19). The third-order valence-corrected chi connectivity index (χ3v) is 2.68. The number of hydrogen-bond acceptors (Lipinski definition) is 4. The number of hydrogen-bond donors (Lipinski definition) is 2. The SMILES string of the molecule is CCOC(=O)c1cccc(NC(=O)c2ccc(=O)[nH]c2)c1. The maximum Gasteiger partial charge on any atom is 0.338 e. The Morgan fingerprint density at radius 1 is 1.19 bits per heavy atom. The fourth-order valence-electron chi connectivity index (χ4n) is 1.69. The zero-order chi connectivity index (χ0) is 15.2. The van der Waals surface area contributed by atoms with E-state index in [2.05, 4.69) is 10.3 Å². The molecule has 6 nitrogen and oxygen atoms in total. The van der Waals surface area contributed by atoms with Crippen molar-refractivity contribution in [3.8, 4) is 0 Å². The number of aromatic amines is 1. The minimum absolute atomic E-state index is 0.282. The van der Waals surface area contributed by atoms with E-state index >= 15 is 0 Å². The van der Waals surface area contributed by atoms with Crippen molar-refractivity contribution in [3.63, 3.8) is 0 Å². The van der Waals surface area contributed by atoms with Gasteiger partial charge in [-0.25, -0.2) is 4.79 Å². The smallest absolute Gasteiger partial charge is 0.338 e. The Morgan fingerprint density at radius 3 is 2.67 bits per heavy atom. The van der Waals surface area contributed by atoms with Crippen molar-refractivity contribution in [1.82, 2.24) is 4.98 Å². The van der Waals surface area contributed by atoms with E-state index in [0.717, 1.165) is 0 Å². The first-order valence-corrected chi connectivity index (χ1v) is 6.37. The summed E-state index contributed by atoms with van der Waals surface area (Å²) in [5, 5.41) is 2.65. The average Bonchev–Trinajstić information content (AvgIpc) is 2.48. The maximum atomic E-state index is 12.0. The number of rotatable bonds is 4. The number of aromatic nitrogens is 1. The van der Waals surface area contributed by atoms with Crippen LogP contribution in [0.1, 0.15) is 27.6 Å². The van der Waals surface area contributed by atoms with Gasteiger partial charge in [-0.2, -0.15) is 0 Å². The molecular formula is C15H14N2O4. The fraction of sp³-hybridized carbons (Fsp3) is 0.133. The number of amides is 1. The van der Waals surface area contributed by atoms with Crippen LogP contribution in [0.3, 0.4) is 0 Å². The molecular weight excluding hydrogens is 272 g/mol. The van der Waals surface area contributed by atoms with Crippen LogP contribution in [0.2, 0.25) is 0 Å². The van der Waals surface area contributed by atoms with E-state index < -0.39 is 5.97 Å². The van der Waals surface area contributed by atoms with E-state index in [1.54, 1.807) is 25.1 Å². The number of ether oxygens (including phenoxy) is 1. The van der Waals surface area contributed by atoms with Crippen molar-refractivity contribution in [1.29, 1.82) is 0 Å². The van der Waals surface area contributed by atoms with E-state index in [1.807, 2.05) is 0 Å². The Morgan fingerprint density at radius 2 is 2.00 bits per heavy atom. The second-order valence-electron chi connectivity index (χ2n) is 4.20. The van der Waals surface area contributed by atoms with Gasteiger partial charge in [0, 0.05) is 18.0 Å². The lowest BCUT2D eigenvalue weighted by atomic mass is 10.2. The summed E-state index contributed by atoms with van der Waals surface area (Å²) in [6.45, 7) is 2.01. The molecule has 1 heterocycles. The van der Waals surface area contributed by atoms with Crippen LogP contribution in [0.15, 0.2) is 47.4 Å². The number of nitrogens with one attached hydrogen (secondary N) is 2. The lowest BCUT2D eigenvalue weighted by molar-refractivity contribution is 0.0526. The lowest BCUT2D eigenvalue weighted by Crippen LogP contribution is -2.15. The van der Waals surface area contributed by atoms with Crippen molar-refractivity contribution in [3.05, 3.63) is 64.1 Å². The molecule has 0 aliphatic rings. The van der Waals surface area contributed by atoms with E-state index in [1.165, 1.54) is 24.4 Å². The highest BCUT2D eigenvalue weighted by Crippen LogP contribution is 2.13. The first-order valence-electron chi connectivity index (χ1n) is 6.37. The molecule has 0 saturated heterocycles. The number of benzene rings is 1. The normalized spacial score (nSPS) is 9.95. The molecule has 0 aliphatic heterocycles. The first kappa shape index (κ1) is 14.5. The predicted octanol–water partition coefficient (Wildman–Crippen LogP) is 1.80. The van der Waals surface area contributed by atoms with Crippen LogP contribution in [-0.4, -0.2) is 23.5 Å². The molecule has 0 spiro atoms. The number of esters is 1. The summed E-state index contributed by atoms with van der Waals surface area (Å²) in [6, 6.07) is 9.13. The third kappa shape index (κ3) is 3.79. The van der Waals surface area contributed by atoms with Gasteiger partial charge in [0.1, 0.15) is 0 Å². The number of pyridine rings is 1. The second kappa shape index (κ2) is 6.51. The van der Waals surface area contributed by atoms with Gasteiger partial charge < -0.3 is 15.0 Å². The Kier molecular flexibility index (Phi) is 4.50. The summed E-state index contributed by atoms with van der Waals surface area (Å²) in [6.07, 6.45) is 1.33. The minimum Gasteiger partial charge on any atom is -0.462 e. The highest BCUT2D eigenvalue weighted by atomic mass is 16.5. The quantitative estimate of drug-likeness (QED) is 0.839. The van der Waals surface area contributed by atoms with E-state index in [4.69, 9.17) is 4.74 Å². The summed E-state index contributed by atoms with van der Waals surface area (Å²) >= 11 is 0. The maximum absolute atomic E-state index is 12.0. The van der Waals surface area contributed by atoms with Crippen LogP contribution >= 0.6 is 0 Å². The van der Waals surface area contributed by atoms with E-state index in [0.29, 0.717) is 16.8 Å². The molecule has 0 saturated carbocycles. The first-order chi connectivity index (χ1) is 10.1. The topological polar surface area (TPSA) is 88.3 Å². The molecule has 2 rings (SSSR count). The summed E-state index contributed by atoms with van der Waals surface area (Å²) < 4.78 is 4.89. The summed E-state index contributed by atoms with van der Waals surface area (Å²) in [5.74, 6) is -0.829. The molecule has 1 amide bonds. The van der Waals surface area contributed by atoms with Crippen molar-refractivity contribution in [2.45, 2.75) is 6.92 Å². The van der Waals surface area contributed by atoms with Crippen LogP contribution < -0.4 is 10.9 Å². The molecule has 0 fully saturated rings. The minimum atomic E-state index is -0.447. The van der Waals surface area contributed by atoms with Crippen LogP contribution in [0.25, 0.3) is 0 Å². The molecule has 21 heavy (non-hydrogen) atoms. The van der Waals surface area contributed by atoms with Crippen molar-refractivity contribution in [2.75, 3.05) is 11.9 Å². The molecule has 0 radical (unpaired) electrons. The highest BCUT2D eigenvalue weighted by Gasteiger charge is 2.09. The molecule has 2 N–H and O–H groups in total. The van der Waals surface area contributed by atoms with Crippen LogP contribution in [0, 0.1) is 0 Å². The van der Waals surface area contributed by atoms with Gasteiger partial charge in [0.05, 0.1) is 17.7 Å². The van der Waals surface area contributed by atoms with E-state index in [-0.39, 0.29) is 18.1 Å². The van der Waals surface area contributed by atoms with Gasteiger partial charge in [-0.15, -0.1) is 0 Å². The number of carbonyl (C=O) groups is 2. The van der Waals surface area contributed by atoms with Gasteiger partial charge in [-0.05, 0) is 31.2 Å². The lowest BCUT2D eigenvalue weighted by Gasteiger charge is -2.07. The van der Waals surface area contributed by atoms with Crippen molar-refractivity contribution in [2.24, 2.45) is 0 Å². The Bertz CT molecular complexity index is 701. The molecule has 6 heteroatoms. The molecule has 1 aromatic heterocycles. The molecule has 1 aromatic carbocycles. The summed E-state index contributed by atoms with van der Waals surface area (Å²) in [4.78, 5) is 37.0. The number of carbonyl (C=O) groups excluding carboxylic acids is 2. The molecule has 0 bridgehead atoms. The Hall–Kier alpha value is -2.89. The largest absolute Gasteiger partial charge is 0.462 e. The summed E-state index contributed by atoms with van der Waals surface area (Å²) in [7, 11) is 0. The summed E-state index contributed by atoms with van der Waals surface area (Å²) in [5.41, 5.74) is 0.861. The Balaban J connectivity index is 2.14. The zero-order valence-electron chi connectivity index (χ0n) is 11.4. The van der Waals surface area contributed by atoms with E-state index in [9.17, 15) is 14.4 Å². The van der Waals surface area contributed by atoms with Gasteiger partial charge in [-0.1, -0.05) is 6.07 Å². The van der Waals surface area contributed by atoms with Gasteiger partial charge in [0.25, 0.3) is 5.91 Å². The molecule has 0 unspecified atom stereocenters. The van der Waals surface area contributed by atoms with Gasteiger partial charge in [0.2, 0.25) is 5.56 Å². The van der Waals surface area contributed by atoms with Crippen LogP contribution in [0.5, 0.6) is 0 Å². The fourth-order valence-corrected chi connectivity index (χ4v) is 1.69.